The molecule has 7 heteroatoms. The SMILES string of the molecule is CC(NCc1nnn(C)n1)c1cc(F)ccc1Br. The van der Waals surface area contributed by atoms with Crippen molar-refractivity contribution in [2.75, 3.05) is 0 Å². The summed E-state index contributed by atoms with van der Waals surface area (Å²) in [5.41, 5.74) is 0.860. The lowest BCUT2D eigenvalue weighted by molar-refractivity contribution is 0.547. The first-order chi connectivity index (χ1) is 8.56. The summed E-state index contributed by atoms with van der Waals surface area (Å²) in [7, 11) is 1.71. The smallest absolute Gasteiger partial charge is 0.188 e. The molecule has 0 saturated heterocycles. The number of tetrazole rings is 1. The van der Waals surface area contributed by atoms with Crippen LogP contribution in [-0.4, -0.2) is 20.2 Å². The normalized spacial score (nSPS) is 12.7. The van der Waals surface area contributed by atoms with Crippen molar-refractivity contribution in [3.8, 4) is 0 Å². The molecule has 1 aromatic heterocycles. The minimum Gasteiger partial charge on any atom is -0.303 e. The largest absolute Gasteiger partial charge is 0.303 e. The zero-order chi connectivity index (χ0) is 13.1. The van der Waals surface area contributed by atoms with E-state index < -0.39 is 0 Å². The third-order valence-corrected chi connectivity index (χ3v) is 3.26. The second-order valence-electron chi connectivity index (χ2n) is 3.96. The van der Waals surface area contributed by atoms with Crippen molar-refractivity contribution in [1.82, 2.24) is 25.5 Å². The molecule has 0 aliphatic rings. The molecule has 1 heterocycles. The molecule has 0 fully saturated rings. The maximum atomic E-state index is 13.2. The number of hydrogen-bond acceptors (Lipinski definition) is 4. The van der Waals surface area contributed by atoms with Gasteiger partial charge < -0.3 is 5.32 Å². The molecule has 5 nitrogen and oxygen atoms in total. The average Bonchev–Trinajstić information content (AvgIpc) is 2.75. The van der Waals surface area contributed by atoms with Gasteiger partial charge in [-0.2, -0.15) is 4.80 Å². The van der Waals surface area contributed by atoms with Crippen LogP contribution in [0.1, 0.15) is 24.4 Å². The van der Waals surface area contributed by atoms with Crippen LogP contribution in [0.25, 0.3) is 0 Å². The molecule has 96 valence electrons. The van der Waals surface area contributed by atoms with Crippen LogP contribution in [0.4, 0.5) is 4.39 Å². The van der Waals surface area contributed by atoms with Crippen LogP contribution >= 0.6 is 15.9 Å². The lowest BCUT2D eigenvalue weighted by Gasteiger charge is -2.14. The topological polar surface area (TPSA) is 55.6 Å². The number of benzene rings is 1. The first-order valence-corrected chi connectivity index (χ1v) is 6.27. The number of rotatable bonds is 4. The van der Waals surface area contributed by atoms with E-state index >= 15 is 0 Å². The molecule has 0 bridgehead atoms. The highest BCUT2D eigenvalue weighted by molar-refractivity contribution is 9.10. The fourth-order valence-electron chi connectivity index (χ4n) is 1.59. The van der Waals surface area contributed by atoms with Gasteiger partial charge in [0.25, 0.3) is 0 Å². The molecule has 18 heavy (non-hydrogen) atoms. The highest BCUT2D eigenvalue weighted by Gasteiger charge is 2.11. The maximum Gasteiger partial charge on any atom is 0.188 e. The highest BCUT2D eigenvalue weighted by atomic mass is 79.9. The minimum atomic E-state index is -0.250. The van der Waals surface area contributed by atoms with Crippen LogP contribution in [0, 0.1) is 5.82 Å². The molecule has 1 atom stereocenters. The van der Waals surface area contributed by atoms with Crippen molar-refractivity contribution >= 4 is 15.9 Å². The van der Waals surface area contributed by atoms with Gasteiger partial charge in [0.15, 0.2) is 5.82 Å². The Balaban J connectivity index is 2.03. The van der Waals surface area contributed by atoms with E-state index in [9.17, 15) is 4.39 Å². The zero-order valence-electron chi connectivity index (χ0n) is 10.1. The predicted molar refractivity (Wildman–Crippen MR) is 68.2 cm³/mol. The quantitative estimate of drug-likeness (QED) is 0.937. The summed E-state index contributed by atoms with van der Waals surface area (Å²) in [6, 6.07) is 4.61. The van der Waals surface area contributed by atoms with Crippen molar-refractivity contribution in [1.29, 1.82) is 0 Å². The summed E-state index contributed by atoms with van der Waals surface area (Å²) in [4.78, 5) is 1.40. The fraction of sp³-hybridized carbons (Fsp3) is 0.364. The van der Waals surface area contributed by atoms with E-state index in [-0.39, 0.29) is 11.9 Å². The standard InChI is InChI=1S/C11H13BrFN5/c1-7(9-5-8(13)3-4-10(9)12)14-6-11-15-17-18(2)16-11/h3-5,7,14H,6H2,1-2H3. The third kappa shape index (κ3) is 3.11. The zero-order valence-corrected chi connectivity index (χ0v) is 11.6. The summed E-state index contributed by atoms with van der Waals surface area (Å²) in [6.07, 6.45) is 0. The van der Waals surface area contributed by atoms with Gasteiger partial charge in [-0.25, -0.2) is 4.39 Å². The molecule has 0 spiro atoms. The van der Waals surface area contributed by atoms with E-state index in [4.69, 9.17) is 0 Å². The molecule has 0 radical (unpaired) electrons. The van der Waals surface area contributed by atoms with E-state index in [0.717, 1.165) is 10.0 Å². The third-order valence-electron chi connectivity index (χ3n) is 2.54. The van der Waals surface area contributed by atoms with Crippen molar-refractivity contribution < 1.29 is 4.39 Å². The summed E-state index contributed by atoms with van der Waals surface area (Å²) in [5.74, 6) is 0.358. The molecule has 0 aliphatic carbocycles. The number of hydrogen-bond donors (Lipinski definition) is 1. The van der Waals surface area contributed by atoms with Gasteiger partial charge in [-0.15, -0.1) is 10.2 Å². The predicted octanol–water partition coefficient (Wildman–Crippen LogP) is 1.96. The van der Waals surface area contributed by atoms with Gasteiger partial charge in [0.2, 0.25) is 0 Å². The van der Waals surface area contributed by atoms with Crippen molar-refractivity contribution in [2.45, 2.75) is 19.5 Å². The van der Waals surface area contributed by atoms with Gasteiger partial charge in [0.05, 0.1) is 13.6 Å². The Morgan fingerprint density at radius 1 is 1.50 bits per heavy atom. The Labute approximate surface area is 113 Å². The Morgan fingerprint density at radius 3 is 2.94 bits per heavy atom. The molecule has 0 amide bonds. The highest BCUT2D eigenvalue weighted by Crippen LogP contribution is 2.24. The van der Waals surface area contributed by atoms with Crippen LogP contribution in [0.2, 0.25) is 0 Å². The van der Waals surface area contributed by atoms with E-state index in [2.05, 4.69) is 36.7 Å². The van der Waals surface area contributed by atoms with Crippen LogP contribution in [0.5, 0.6) is 0 Å². The van der Waals surface area contributed by atoms with Crippen molar-refractivity contribution in [3.63, 3.8) is 0 Å². The Morgan fingerprint density at radius 2 is 2.28 bits per heavy atom. The van der Waals surface area contributed by atoms with Gasteiger partial charge in [0.1, 0.15) is 5.82 Å². The molecule has 2 rings (SSSR count). The van der Waals surface area contributed by atoms with Crippen LogP contribution in [-0.2, 0) is 13.6 Å². The first-order valence-electron chi connectivity index (χ1n) is 5.47. The van der Waals surface area contributed by atoms with Crippen molar-refractivity contribution in [3.05, 3.63) is 39.9 Å². The monoisotopic (exact) mass is 313 g/mol. The summed E-state index contributed by atoms with van der Waals surface area (Å²) in [5, 5.41) is 14.9. The maximum absolute atomic E-state index is 13.2. The number of aryl methyl sites for hydroxylation is 1. The Kier molecular flexibility index (Phi) is 4.03. The number of nitrogens with one attached hydrogen (secondary N) is 1. The van der Waals surface area contributed by atoms with E-state index in [1.54, 1.807) is 13.1 Å². The van der Waals surface area contributed by atoms with Crippen molar-refractivity contribution in [2.24, 2.45) is 7.05 Å². The molecule has 1 N–H and O–H groups in total. The van der Waals surface area contributed by atoms with E-state index in [1.807, 2.05) is 6.92 Å². The van der Waals surface area contributed by atoms with Gasteiger partial charge in [-0.05, 0) is 35.9 Å². The van der Waals surface area contributed by atoms with E-state index in [0.29, 0.717) is 12.4 Å². The molecule has 0 aliphatic heterocycles. The lowest BCUT2D eigenvalue weighted by atomic mass is 10.1. The van der Waals surface area contributed by atoms with E-state index in [1.165, 1.54) is 16.9 Å². The van der Waals surface area contributed by atoms with Gasteiger partial charge >= 0.3 is 0 Å². The average molecular weight is 314 g/mol. The second-order valence-corrected chi connectivity index (χ2v) is 4.82. The Hall–Kier alpha value is -1.34. The Bertz CT molecular complexity index is 542. The van der Waals surface area contributed by atoms with Crippen LogP contribution in [0.15, 0.2) is 22.7 Å². The summed E-state index contributed by atoms with van der Waals surface area (Å²) in [6.45, 7) is 2.44. The van der Waals surface area contributed by atoms with Crippen LogP contribution < -0.4 is 5.32 Å². The molecule has 1 unspecified atom stereocenters. The van der Waals surface area contributed by atoms with Crippen LogP contribution in [0.3, 0.4) is 0 Å². The molecule has 1 aromatic carbocycles. The molecule has 2 aromatic rings. The van der Waals surface area contributed by atoms with Gasteiger partial charge in [-0.1, -0.05) is 15.9 Å². The molecule has 0 saturated carbocycles. The second kappa shape index (κ2) is 5.53. The lowest BCUT2D eigenvalue weighted by Crippen LogP contribution is -2.19. The van der Waals surface area contributed by atoms with Gasteiger partial charge in [-0.3, -0.25) is 0 Å². The van der Waals surface area contributed by atoms with Gasteiger partial charge in [0, 0.05) is 10.5 Å². The minimum absolute atomic E-state index is 0.0149. The number of halogens is 2. The molecular formula is C11H13BrFN5. The number of aromatic nitrogens is 4. The number of nitrogens with zero attached hydrogens (tertiary/aromatic N) is 4. The first kappa shape index (κ1) is 13.1. The summed E-state index contributed by atoms with van der Waals surface area (Å²) < 4.78 is 14.1. The fourth-order valence-corrected chi connectivity index (χ4v) is 2.18. The summed E-state index contributed by atoms with van der Waals surface area (Å²) >= 11 is 3.41. The molecular weight excluding hydrogens is 301 g/mol.